The second-order valence-electron chi connectivity index (χ2n) is 7.01. The number of nitrogens with zero attached hydrogens (tertiary/aromatic N) is 1. The van der Waals surface area contributed by atoms with Gasteiger partial charge < -0.3 is 10.6 Å². The van der Waals surface area contributed by atoms with E-state index in [0.29, 0.717) is 12.6 Å². The van der Waals surface area contributed by atoms with Crippen molar-refractivity contribution < 1.29 is 4.79 Å². The zero-order valence-corrected chi connectivity index (χ0v) is 14.3. The average Bonchev–Trinajstić information content (AvgIpc) is 2.87. The second-order valence-corrected chi connectivity index (χ2v) is 7.87. The van der Waals surface area contributed by atoms with Gasteiger partial charge in [-0.1, -0.05) is 20.8 Å². The molecule has 118 valence electrons. The third-order valence-electron chi connectivity index (χ3n) is 3.87. The van der Waals surface area contributed by atoms with Gasteiger partial charge in [0.15, 0.2) is 0 Å². The second kappa shape index (κ2) is 6.88. The highest BCUT2D eigenvalue weighted by Crippen LogP contribution is 2.25. The first-order valence-corrected chi connectivity index (χ1v) is 8.70. The van der Waals surface area contributed by atoms with Gasteiger partial charge in [-0.15, -0.1) is 11.3 Å². The van der Waals surface area contributed by atoms with E-state index in [1.165, 1.54) is 0 Å². The first-order chi connectivity index (χ1) is 9.86. The Hall–Kier alpha value is -0.940. The molecular weight excluding hydrogens is 282 g/mol. The molecule has 1 fully saturated rings. The number of rotatable bonds is 4. The van der Waals surface area contributed by atoms with Crippen LogP contribution in [0.3, 0.4) is 0 Å². The number of piperidine rings is 1. The number of nitrogens with one attached hydrogen (secondary N) is 2. The van der Waals surface area contributed by atoms with Crippen LogP contribution in [-0.2, 0) is 16.6 Å². The van der Waals surface area contributed by atoms with E-state index < -0.39 is 0 Å². The number of carbonyl (C=O) groups excluding carboxylic acids is 1. The monoisotopic (exact) mass is 309 g/mol. The van der Waals surface area contributed by atoms with E-state index in [1.807, 2.05) is 0 Å². The summed E-state index contributed by atoms with van der Waals surface area (Å²) >= 11 is 1.71. The Morgan fingerprint density at radius 1 is 1.52 bits per heavy atom. The number of amides is 1. The van der Waals surface area contributed by atoms with Crippen molar-refractivity contribution in [3.8, 4) is 0 Å². The van der Waals surface area contributed by atoms with Crippen molar-refractivity contribution in [3.05, 3.63) is 16.1 Å². The van der Waals surface area contributed by atoms with E-state index in [1.54, 1.807) is 11.3 Å². The standard InChI is InChI=1S/C16H27N3OS/c1-11-9-12(5-7-17-11)14(20)18-8-6-13-10-21-15(19-13)16(2,3)4/h10-12,17H,5-9H2,1-4H3,(H,18,20)/t11-,12-/m0/s1. The molecule has 21 heavy (non-hydrogen) atoms. The Balaban J connectivity index is 1.76. The molecule has 1 aliphatic rings. The van der Waals surface area contributed by atoms with Crippen molar-refractivity contribution in [2.24, 2.45) is 5.92 Å². The van der Waals surface area contributed by atoms with Gasteiger partial charge in [-0.25, -0.2) is 4.98 Å². The van der Waals surface area contributed by atoms with Crippen LogP contribution in [0.2, 0.25) is 0 Å². The molecule has 0 saturated carbocycles. The Bertz CT molecular complexity index is 478. The Labute approximate surface area is 131 Å². The number of aromatic nitrogens is 1. The van der Waals surface area contributed by atoms with Crippen LogP contribution < -0.4 is 10.6 Å². The molecule has 0 unspecified atom stereocenters. The van der Waals surface area contributed by atoms with E-state index in [2.05, 4.69) is 48.7 Å². The van der Waals surface area contributed by atoms with E-state index >= 15 is 0 Å². The largest absolute Gasteiger partial charge is 0.355 e. The molecule has 2 atom stereocenters. The van der Waals surface area contributed by atoms with Gasteiger partial charge in [-0.05, 0) is 26.3 Å². The lowest BCUT2D eigenvalue weighted by atomic mass is 9.92. The summed E-state index contributed by atoms with van der Waals surface area (Å²) in [6.45, 7) is 10.3. The van der Waals surface area contributed by atoms with Crippen molar-refractivity contribution in [3.63, 3.8) is 0 Å². The van der Waals surface area contributed by atoms with E-state index in [0.717, 1.165) is 36.5 Å². The summed E-state index contributed by atoms with van der Waals surface area (Å²) in [7, 11) is 0. The molecule has 0 bridgehead atoms. The maximum atomic E-state index is 12.1. The van der Waals surface area contributed by atoms with Crippen LogP contribution in [0, 0.1) is 5.92 Å². The van der Waals surface area contributed by atoms with Gasteiger partial charge in [0.1, 0.15) is 0 Å². The van der Waals surface area contributed by atoms with Crippen LogP contribution in [0.5, 0.6) is 0 Å². The van der Waals surface area contributed by atoms with Crippen LogP contribution in [0.15, 0.2) is 5.38 Å². The topological polar surface area (TPSA) is 54.0 Å². The number of thiazole rings is 1. The smallest absolute Gasteiger partial charge is 0.223 e. The predicted molar refractivity (Wildman–Crippen MR) is 87.7 cm³/mol. The van der Waals surface area contributed by atoms with Crippen molar-refractivity contribution in [1.29, 1.82) is 0 Å². The van der Waals surface area contributed by atoms with Crippen molar-refractivity contribution in [1.82, 2.24) is 15.6 Å². The molecular formula is C16H27N3OS. The van der Waals surface area contributed by atoms with E-state index in [4.69, 9.17) is 0 Å². The van der Waals surface area contributed by atoms with Crippen LogP contribution >= 0.6 is 11.3 Å². The SMILES string of the molecule is C[C@H]1C[C@@H](C(=O)NCCc2csc(C(C)(C)C)n2)CCN1. The fourth-order valence-electron chi connectivity index (χ4n) is 2.59. The van der Waals surface area contributed by atoms with Gasteiger partial charge in [0, 0.05) is 35.7 Å². The van der Waals surface area contributed by atoms with Crippen LogP contribution in [0.4, 0.5) is 0 Å². The lowest BCUT2D eigenvalue weighted by Gasteiger charge is -2.27. The quantitative estimate of drug-likeness (QED) is 0.898. The molecule has 4 nitrogen and oxygen atoms in total. The van der Waals surface area contributed by atoms with Crippen molar-refractivity contribution in [2.75, 3.05) is 13.1 Å². The van der Waals surface area contributed by atoms with Gasteiger partial charge >= 0.3 is 0 Å². The summed E-state index contributed by atoms with van der Waals surface area (Å²) in [6.07, 6.45) is 2.70. The number of carbonyl (C=O) groups is 1. The Morgan fingerprint density at radius 3 is 2.90 bits per heavy atom. The normalized spacial score (nSPS) is 23.0. The van der Waals surface area contributed by atoms with E-state index in [-0.39, 0.29) is 17.2 Å². The lowest BCUT2D eigenvalue weighted by Crippen LogP contribution is -2.42. The highest BCUT2D eigenvalue weighted by molar-refractivity contribution is 7.09. The van der Waals surface area contributed by atoms with Gasteiger partial charge in [0.2, 0.25) is 5.91 Å². The van der Waals surface area contributed by atoms with Crippen molar-refractivity contribution in [2.45, 2.75) is 58.4 Å². The molecule has 1 saturated heterocycles. The molecule has 0 aromatic carbocycles. The molecule has 1 aromatic rings. The molecule has 0 spiro atoms. The summed E-state index contributed by atoms with van der Waals surface area (Å²) in [5, 5.41) is 9.72. The Kier molecular flexibility index (Phi) is 5.38. The van der Waals surface area contributed by atoms with E-state index in [9.17, 15) is 4.79 Å². The summed E-state index contributed by atoms with van der Waals surface area (Å²) in [5.41, 5.74) is 1.20. The number of hydrogen-bond acceptors (Lipinski definition) is 4. The lowest BCUT2D eigenvalue weighted by molar-refractivity contribution is -0.126. The maximum absolute atomic E-state index is 12.1. The maximum Gasteiger partial charge on any atom is 0.223 e. The Morgan fingerprint density at radius 2 is 2.29 bits per heavy atom. The van der Waals surface area contributed by atoms with Gasteiger partial charge in [-0.2, -0.15) is 0 Å². The third-order valence-corrected chi connectivity index (χ3v) is 5.19. The summed E-state index contributed by atoms with van der Waals surface area (Å²) in [6, 6.07) is 0.447. The minimum absolute atomic E-state index is 0.109. The third kappa shape index (κ3) is 4.78. The fourth-order valence-corrected chi connectivity index (χ4v) is 3.54. The highest BCUT2D eigenvalue weighted by atomic mass is 32.1. The fraction of sp³-hybridized carbons (Fsp3) is 0.750. The zero-order chi connectivity index (χ0) is 15.5. The predicted octanol–water partition coefficient (Wildman–Crippen LogP) is 2.49. The average molecular weight is 309 g/mol. The van der Waals surface area contributed by atoms with Gasteiger partial charge in [0.25, 0.3) is 0 Å². The minimum Gasteiger partial charge on any atom is -0.355 e. The van der Waals surface area contributed by atoms with Crippen LogP contribution in [-0.4, -0.2) is 30.0 Å². The molecule has 2 heterocycles. The summed E-state index contributed by atoms with van der Waals surface area (Å²) < 4.78 is 0. The summed E-state index contributed by atoms with van der Waals surface area (Å²) in [5.74, 6) is 0.372. The van der Waals surface area contributed by atoms with Crippen LogP contribution in [0.1, 0.15) is 51.2 Å². The molecule has 2 rings (SSSR count). The van der Waals surface area contributed by atoms with Gasteiger partial charge in [0.05, 0.1) is 10.7 Å². The zero-order valence-electron chi connectivity index (χ0n) is 13.5. The first-order valence-electron chi connectivity index (χ1n) is 7.82. The highest BCUT2D eigenvalue weighted by Gasteiger charge is 2.24. The van der Waals surface area contributed by atoms with Gasteiger partial charge in [-0.3, -0.25) is 4.79 Å². The molecule has 2 N–H and O–H groups in total. The molecule has 5 heteroatoms. The summed E-state index contributed by atoms with van der Waals surface area (Å²) in [4.78, 5) is 16.8. The van der Waals surface area contributed by atoms with Crippen molar-refractivity contribution >= 4 is 17.2 Å². The molecule has 1 aromatic heterocycles. The first kappa shape index (κ1) is 16.4. The van der Waals surface area contributed by atoms with Crippen LogP contribution in [0.25, 0.3) is 0 Å². The molecule has 0 aliphatic carbocycles. The number of hydrogen-bond donors (Lipinski definition) is 2. The molecule has 1 aliphatic heterocycles. The minimum atomic E-state index is 0.109. The molecule has 1 amide bonds. The molecule has 0 radical (unpaired) electrons.